The molecule has 0 unspecified atom stereocenters. The van der Waals surface area contributed by atoms with Crippen molar-refractivity contribution in [1.82, 2.24) is 9.55 Å². The van der Waals surface area contributed by atoms with Gasteiger partial charge in [0.25, 0.3) is 0 Å². The third-order valence-electron chi connectivity index (χ3n) is 19.0. The Labute approximate surface area is 377 Å². The van der Waals surface area contributed by atoms with Gasteiger partial charge in [-0.2, -0.15) is 0 Å². The molecule has 4 heterocycles. The lowest BCUT2D eigenvalue weighted by atomic mass is 9.33. The number of benzene rings is 1. The van der Waals surface area contributed by atoms with E-state index in [-0.39, 0.29) is 57.9 Å². The Hall–Kier alpha value is -3.04. The zero-order valence-corrected chi connectivity index (χ0v) is 40.2. The van der Waals surface area contributed by atoms with Crippen molar-refractivity contribution in [3.05, 3.63) is 70.1 Å². The normalized spacial score (nSPS) is 36.0. The van der Waals surface area contributed by atoms with Crippen LogP contribution in [0, 0.1) is 58.2 Å². The van der Waals surface area contributed by atoms with Gasteiger partial charge >= 0.3 is 0 Å². The van der Waals surface area contributed by atoms with Crippen molar-refractivity contribution < 1.29 is 29.3 Å². The number of hydrogen-bond acceptors (Lipinski definition) is 6. The van der Waals surface area contributed by atoms with Gasteiger partial charge in [0.05, 0.1) is 28.8 Å². The highest BCUT2D eigenvalue weighted by Crippen LogP contribution is 2.76. The highest BCUT2D eigenvalue weighted by molar-refractivity contribution is 6.03. The van der Waals surface area contributed by atoms with Crippen LogP contribution in [0.2, 0.25) is 0 Å². The first-order valence-corrected chi connectivity index (χ1v) is 25.0. The van der Waals surface area contributed by atoms with Gasteiger partial charge in [-0.05, 0) is 134 Å². The SMILES string of the molecule is CCCCC[C@@H]1C(=O)C([C@H](C)C[C@@H](O)[C@H]2OC2(C)C)=C2[C@H](Cn3cc(Cc4cc(C)cc(C5CCOCC5)c4)c4[nH]ccc43)[C@@H](O)[C@@H]3[C@]4(C)CCC(=O)C(C)(C)[C@@H]4CC[C@]3(C)[C@]21C. The largest absolute Gasteiger partial charge is 0.392 e. The first-order chi connectivity index (χ1) is 29.8. The number of ketones is 2. The summed E-state index contributed by atoms with van der Waals surface area (Å²) in [5, 5.41) is 25.3. The number of aliphatic hydroxyl groups excluding tert-OH is 2. The van der Waals surface area contributed by atoms with Crippen molar-refractivity contribution in [1.29, 1.82) is 0 Å². The van der Waals surface area contributed by atoms with Gasteiger partial charge in [0, 0.05) is 67.7 Å². The van der Waals surface area contributed by atoms with E-state index in [1.165, 1.54) is 22.3 Å². The molecule has 3 aromatic rings. The van der Waals surface area contributed by atoms with Crippen molar-refractivity contribution in [2.45, 2.75) is 183 Å². The number of ether oxygens (including phenoxy) is 2. The molecule has 8 nitrogen and oxygen atoms in total. The molecule has 0 radical (unpaired) electrons. The van der Waals surface area contributed by atoms with E-state index in [2.05, 4.69) is 95.4 Å². The Morgan fingerprint density at radius 3 is 2.41 bits per heavy atom. The highest BCUT2D eigenvalue weighted by Gasteiger charge is 2.74. The minimum atomic E-state index is -0.728. The molecule has 11 atom stereocenters. The van der Waals surface area contributed by atoms with Gasteiger partial charge in [-0.1, -0.05) is 91.5 Å². The average molecular weight is 863 g/mol. The van der Waals surface area contributed by atoms with E-state index in [0.717, 1.165) is 99.6 Å². The molecule has 0 amide bonds. The number of Topliss-reactive ketones (excluding diaryl/α,β-unsaturated/α-hetero) is 2. The number of nitrogens with zero attached hydrogens (tertiary/aromatic N) is 1. The lowest BCUT2D eigenvalue weighted by molar-refractivity contribution is -0.227. The number of aryl methyl sites for hydroxylation is 1. The van der Waals surface area contributed by atoms with Gasteiger partial charge < -0.3 is 29.2 Å². The monoisotopic (exact) mass is 863 g/mol. The number of epoxide rings is 1. The zero-order valence-electron chi connectivity index (χ0n) is 40.2. The quantitative estimate of drug-likeness (QED) is 0.116. The third-order valence-corrected chi connectivity index (χ3v) is 19.0. The van der Waals surface area contributed by atoms with Gasteiger partial charge in [0.2, 0.25) is 0 Å². The number of nitrogens with one attached hydrogen (secondary N) is 1. The van der Waals surface area contributed by atoms with Crippen molar-refractivity contribution in [2.24, 2.45) is 51.2 Å². The summed E-state index contributed by atoms with van der Waals surface area (Å²) in [7, 11) is 0. The van der Waals surface area contributed by atoms with Crippen molar-refractivity contribution in [3.8, 4) is 0 Å². The molecule has 3 N–H and O–H groups in total. The first-order valence-electron chi connectivity index (χ1n) is 25.0. The summed E-state index contributed by atoms with van der Waals surface area (Å²) in [6.45, 7) is 24.4. The van der Waals surface area contributed by atoms with Crippen LogP contribution in [0.5, 0.6) is 0 Å². The molecule has 2 aromatic heterocycles. The predicted molar refractivity (Wildman–Crippen MR) is 250 cm³/mol. The van der Waals surface area contributed by atoms with Crippen LogP contribution in [0.15, 0.2) is 47.8 Å². The van der Waals surface area contributed by atoms with Crippen LogP contribution in [0.3, 0.4) is 0 Å². The molecule has 8 heteroatoms. The van der Waals surface area contributed by atoms with E-state index >= 15 is 4.79 Å². The van der Waals surface area contributed by atoms with Gasteiger partial charge in [-0.25, -0.2) is 0 Å². The van der Waals surface area contributed by atoms with Crippen molar-refractivity contribution in [3.63, 3.8) is 0 Å². The molecule has 9 rings (SSSR count). The smallest absolute Gasteiger partial charge is 0.163 e. The fourth-order valence-corrected chi connectivity index (χ4v) is 15.7. The van der Waals surface area contributed by atoms with Gasteiger partial charge in [-0.3, -0.25) is 9.59 Å². The molecule has 63 heavy (non-hydrogen) atoms. The van der Waals surface area contributed by atoms with Crippen molar-refractivity contribution in [2.75, 3.05) is 13.2 Å². The number of carbonyl (C=O) groups excluding carboxylic acids is 2. The summed E-state index contributed by atoms with van der Waals surface area (Å²) in [5.41, 5.74) is 7.45. The molecular formula is C55H78N2O6. The highest BCUT2D eigenvalue weighted by atomic mass is 16.6. The summed E-state index contributed by atoms with van der Waals surface area (Å²) in [6.07, 6.45) is 13.1. The minimum Gasteiger partial charge on any atom is -0.392 e. The summed E-state index contributed by atoms with van der Waals surface area (Å²) in [6, 6.07) is 9.26. The third kappa shape index (κ3) is 7.12. The van der Waals surface area contributed by atoms with Crippen LogP contribution in [-0.4, -0.2) is 68.5 Å². The maximum atomic E-state index is 15.7. The Morgan fingerprint density at radius 1 is 0.984 bits per heavy atom. The van der Waals surface area contributed by atoms with E-state index in [4.69, 9.17) is 9.47 Å². The molecule has 0 bridgehead atoms. The summed E-state index contributed by atoms with van der Waals surface area (Å²) in [5.74, 6) is 0.404. The van der Waals surface area contributed by atoms with E-state index in [0.29, 0.717) is 31.1 Å². The number of fused-ring (bicyclic) bond motifs is 6. The second-order valence-corrected chi connectivity index (χ2v) is 23.4. The summed E-state index contributed by atoms with van der Waals surface area (Å²) < 4.78 is 14.0. The number of aliphatic hydroxyl groups is 2. The van der Waals surface area contributed by atoms with Crippen LogP contribution in [-0.2, 0) is 32.0 Å². The number of aromatic nitrogens is 2. The van der Waals surface area contributed by atoms with E-state index in [1.54, 1.807) is 0 Å². The number of H-pyrrole nitrogens is 1. The predicted octanol–water partition coefficient (Wildman–Crippen LogP) is 10.8. The van der Waals surface area contributed by atoms with Crippen LogP contribution in [0.4, 0.5) is 0 Å². The number of hydrogen-bond donors (Lipinski definition) is 3. The number of aromatic amines is 1. The fourth-order valence-electron chi connectivity index (χ4n) is 15.7. The molecule has 0 spiro atoms. The van der Waals surface area contributed by atoms with Crippen LogP contribution in [0.25, 0.3) is 11.0 Å². The molecule has 5 fully saturated rings. The maximum absolute atomic E-state index is 15.7. The van der Waals surface area contributed by atoms with Gasteiger partial charge in [0.15, 0.2) is 5.78 Å². The first kappa shape index (κ1) is 45.1. The van der Waals surface area contributed by atoms with Crippen LogP contribution < -0.4 is 0 Å². The molecule has 2 aliphatic heterocycles. The standard InChI is InChI=1S/C55H78N2O6/c1-11-12-13-14-39-48(61)44(33(3)27-41(58)50-52(6,7)63-50)45-38(47(60)49-53(8)20-16-43(59)51(4,5)42(53)15-21-54(49,9)55(39,45)10)31-57-30-37(46-40(57)17-22-56-46)29-34-25-32(2)26-36(28-34)35-18-23-62-24-19-35/h17,22,25-26,28,30,33,35,38-39,41-42,47,49-50,56,58,60H,11-16,18-21,23-24,27,29,31H2,1-10H3/t33-,38+,39-,41-,42+,47-,49-,50-,53-,54+,55+/m1/s1. The molecule has 1 aromatic carbocycles. The van der Waals surface area contributed by atoms with E-state index in [9.17, 15) is 15.0 Å². The Kier molecular flexibility index (Phi) is 11.5. The summed E-state index contributed by atoms with van der Waals surface area (Å²) in [4.78, 5) is 33.0. The summed E-state index contributed by atoms with van der Waals surface area (Å²) >= 11 is 0. The zero-order chi connectivity index (χ0) is 45.0. The fraction of sp³-hybridized carbons (Fsp3) is 0.709. The van der Waals surface area contributed by atoms with Crippen molar-refractivity contribution >= 4 is 22.6 Å². The second-order valence-electron chi connectivity index (χ2n) is 23.4. The number of unbranched alkanes of at least 4 members (excludes halogenated alkanes) is 2. The molecule has 3 saturated carbocycles. The lowest BCUT2D eigenvalue weighted by Gasteiger charge is -2.70. The Balaban J connectivity index is 1.17. The minimum absolute atomic E-state index is 0.107. The van der Waals surface area contributed by atoms with Gasteiger partial charge in [0.1, 0.15) is 11.9 Å². The number of rotatable bonds is 13. The lowest BCUT2D eigenvalue weighted by Crippen LogP contribution is -2.68. The maximum Gasteiger partial charge on any atom is 0.163 e. The Morgan fingerprint density at radius 2 is 1.71 bits per heavy atom. The number of allylic oxidation sites excluding steroid dienone is 1. The van der Waals surface area contributed by atoms with Crippen LogP contribution >= 0.6 is 0 Å². The average Bonchev–Trinajstić information content (AvgIpc) is 3.48. The molecular weight excluding hydrogens is 785 g/mol. The Bertz CT molecular complexity index is 2270. The second kappa shape index (κ2) is 16.1. The molecule has 4 aliphatic carbocycles. The van der Waals surface area contributed by atoms with E-state index < -0.39 is 23.0 Å². The topological polar surface area (TPSA) is 117 Å². The van der Waals surface area contributed by atoms with E-state index in [1.807, 2.05) is 20.0 Å². The molecule has 6 aliphatic rings. The number of carbonyl (C=O) groups is 2. The van der Waals surface area contributed by atoms with Gasteiger partial charge in [-0.15, -0.1) is 0 Å². The molecule has 344 valence electrons. The molecule has 2 saturated heterocycles. The van der Waals surface area contributed by atoms with Crippen LogP contribution in [0.1, 0.15) is 161 Å².